The molecule has 5 aromatic rings. The molecule has 8 heteroatoms. The van der Waals surface area contributed by atoms with Crippen LogP contribution in [-0.2, 0) is 0 Å². The lowest BCUT2D eigenvalue weighted by Gasteiger charge is -2.13. The van der Waals surface area contributed by atoms with Crippen LogP contribution in [0, 0.1) is 18.3 Å². The number of fused-ring (bicyclic) bond motifs is 2. The minimum Gasteiger partial charge on any atom is -0.494 e. The number of hydrogen-bond acceptors (Lipinski definition) is 7. The molecule has 0 aliphatic heterocycles. The van der Waals surface area contributed by atoms with E-state index in [0.717, 1.165) is 27.5 Å². The Morgan fingerprint density at radius 1 is 1.03 bits per heavy atom. The first-order valence-electron chi connectivity index (χ1n) is 9.59. The summed E-state index contributed by atoms with van der Waals surface area (Å²) in [5, 5.41) is 18.2. The van der Waals surface area contributed by atoms with Gasteiger partial charge in [-0.05, 0) is 36.8 Å². The van der Waals surface area contributed by atoms with Crippen molar-refractivity contribution in [3.63, 3.8) is 0 Å². The Morgan fingerprint density at radius 3 is 2.68 bits per heavy atom. The second-order valence-corrected chi connectivity index (χ2v) is 6.95. The van der Waals surface area contributed by atoms with Crippen LogP contribution in [0.2, 0.25) is 0 Å². The fraction of sp³-hybridized carbons (Fsp3) is 0.0870. The van der Waals surface area contributed by atoms with E-state index in [9.17, 15) is 5.26 Å². The monoisotopic (exact) mass is 407 g/mol. The molecule has 150 valence electrons. The lowest BCUT2D eigenvalue weighted by molar-refractivity contribution is 0.419. The van der Waals surface area contributed by atoms with Crippen molar-refractivity contribution in [3.8, 4) is 17.6 Å². The molecule has 0 fully saturated rings. The molecule has 0 spiro atoms. The van der Waals surface area contributed by atoms with Gasteiger partial charge in [0.1, 0.15) is 22.9 Å². The summed E-state index contributed by atoms with van der Waals surface area (Å²) in [4.78, 5) is 13.8. The molecule has 1 N–H and O–H groups in total. The number of nitrogens with zero attached hydrogens (tertiary/aromatic N) is 6. The van der Waals surface area contributed by atoms with E-state index in [1.165, 1.54) is 6.20 Å². The van der Waals surface area contributed by atoms with E-state index in [1.54, 1.807) is 18.0 Å². The van der Waals surface area contributed by atoms with Crippen molar-refractivity contribution >= 4 is 33.6 Å². The summed E-state index contributed by atoms with van der Waals surface area (Å²) < 4.78 is 7.08. The predicted molar refractivity (Wildman–Crippen MR) is 118 cm³/mol. The SMILES string of the molecule is COc1cccc2c(C)cc(-n3ncc(C#N)c3Nc3cnc4ccccc4n3)nc12. The second kappa shape index (κ2) is 7.39. The Balaban J connectivity index is 1.64. The van der Waals surface area contributed by atoms with Crippen LogP contribution in [0.3, 0.4) is 0 Å². The van der Waals surface area contributed by atoms with Crippen LogP contribution < -0.4 is 10.1 Å². The lowest BCUT2D eigenvalue weighted by Crippen LogP contribution is -2.07. The Hall–Kier alpha value is -4.51. The van der Waals surface area contributed by atoms with Crippen LogP contribution in [0.4, 0.5) is 11.6 Å². The highest BCUT2D eigenvalue weighted by molar-refractivity contribution is 5.88. The van der Waals surface area contributed by atoms with Gasteiger partial charge in [0.25, 0.3) is 0 Å². The number of para-hydroxylation sites is 3. The average Bonchev–Trinajstić information content (AvgIpc) is 3.21. The van der Waals surface area contributed by atoms with Gasteiger partial charge in [-0.15, -0.1) is 0 Å². The molecule has 2 aromatic carbocycles. The summed E-state index contributed by atoms with van der Waals surface area (Å²) in [7, 11) is 1.62. The second-order valence-electron chi connectivity index (χ2n) is 6.95. The molecule has 8 nitrogen and oxygen atoms in total. The van der Waals surface area contributed by atoms with Gasteiger partial charge in [0, 0.05) is 5.39 Å². The van der Waals surface area contributed by atoms with Gasteiger partial charge in [0.05, 0.1) is 30.5 Å². The normalized spacial score (nSPS) is 10.9. The maximum Gasteiger partial charge on any atom is 0.156 e. The van der Waals surface area contributed by atoms with Gasteiger partial charge >= 0.3 is 0 Å². The summed E-state index contributed by atoms with van der Waals surface area (Å²) in [6.07, 6.45) is 3.13. The van der Waals surface area contributed by atoms with E-state index in [4.69, 9.17) is 9.72 Å². The maximum atomic E-state index is 9.62. The Labute approximate surface area is 177 Å². The lowest BCUT2D eigenvalue weighted by atomic mass is 10.1. The highest BCUT2D eigenvalue weighted by atomic mass is 16.5. The van der Waals surface area contributed by atoms with E-state index in [1.807, 2.05) is 55.5 Å². The van der Waals surface area contributed by atoms with Gasteiger partial charge in [-0.25, -0.2) is 9.97 Å². The third-order valence-corrected chi connectivity index (χ3v) is 5.02. The summed E-state index contributed by atoms with van der Waals surface area (Å²) in [5.74, 6) is 2.21. The zero-order chi connectivity index (χ0) is 21.4. The molecule has 0 aliphatic rings. The highest BCUT2D eigenvalue weighted by Gasteiger charge is 2.17. The Bertz CT molecular complexity index is 1480. The molecular formula is C23H17N7O. The smallest absolute Gasteiger partial charge is 0.156 e. The average molecular weight is 407 g/mol. The van der Waals surface area contributed by atoms with Crippen LogP contribution >= 0.6 is 0 Å². The summed E-state index contributed by atoms with van der Waals surface area (Å²) in [6, 6.07) is 17.5. The zero-order valence-electron chi connectivity index (χ0n) is 16.9. The molecule has 0 unspecified atom stereocenters. The van der Waals surface area contributed by atoms with Gasteiger partial charge in [-0.2, -0.15) is 15.0 Å². The van der Waals surface area contributed by atoms with Gasteiger partial charge < -0.3 is 10.1 Å². The first-order valence-corrected chi connectivity index (χ1v) is 9.59. The standard InChI is InChI=1S/C23H17N7O/c1-14-10-21(29-22-16(14)6-5-9-19(22)31-2)30-23(15(11-24)12-26-30)28-20-13-25-17-7-3-4-8-18(17)27-20/h3-10,12-13H,1-2H3,(H,27,28). The minimum absolute atomic E-state index is 0.370. The molecule has 0 atom stereocenters. The predicted octanol–water partition coefficient (Wildman–Crippen LogP) is 4.30. The first kappa shape index (κ1) is 18.5. The molecule has 0 bridgehead atoms. The van der Waals surface area contributed by atoms with Crippen LogP contribution in [0.15, 0.2) is 60.9 Å². The van der Waals surface area contributed by atoms with E-state index in [2.05, 4.69) is 26.5 Å². The molecular weight excluding hydrogens is 390 g/mol. The molecule has 3 heterocycles. The number of aryl methyl sites for hydroxylation is 1. The number of nitrogens with one attached hydrogen (secondary N) is 1. The quantitative estimate of drug-likeness (QED) is 0.474. The fourth-order valence-electron chi connectivity index (χ4n) is 3.51. The van der Waals surface area contributed by atoms with Gasteiger partial charge in [0.2, 0.25) is 0 Å². The number of hydrogen-bond donors (Lipinski definition) is 1. The molecule has 0 saturated carbocycles. The molecule has 0 aliphatic carbocycles. The summed E-state index contributed by atoms with van der Waals surface area (Å²) >= 11 is 0. The third-order valence-electron chi connectivity index (χ3n) is 5.02. The number of benzene rings is 2. The van der Waals surface area contributed by atoms with Crippen molar-refractivity contribution in [1.29, 1.82) is 5.26 Å². The number of pyridine rings is 1. The van der Waals surface area contributed by atoms with Crippen LogP contribution in [0.5, 0.6) is 5.75 Å². The first-order chi connectivity index (χ1) is 15.2. The Morgan fingerprint density at radius 2 is 1.87 bits per heavy atom. The van der Waals surface area contributed by atoms with E-state index in [0.29, 0.717) is 28.8 Å². The van der Waals surface area contributed by atoms with Gasteiger partial charge in [-0.3, -0.25) is 4.98 Å². The summed E-state index contributed by atoms with van der Waals surface area (Å²) in [5.41, 5.74) is 3.66. The Kier molecular flexibility index (Phi) is 4.41. The third kappa shape index (κ3) is 3.18. The number of anilines is 2. The van der Waals surface area contributed by atoms with Gasteiger partial charge in [0.15, 0.2) is 17.5 Å². The van der Waals surface area contributed by atoms with Crippen molar-refractivity contribution in [3.05, 3.63) is 72.1 Å². The minimum atomic E-state index is 0.370. The van der Waals surface area contributed by atoms with Crippen molar-refractivity contribution in [2.45, 2.75) is 6.92 Å². The van der Waals surface area contributed by atoms with Crippen LogP contribution in [0.1, 0.15) is 11.1 Å². The largest absolute Gasteiger partial charge is 0.494 e. The molecule has 0 saturated heterocycles. The molecule has 31 heavy (non-hydrogen) atoms. The van der Waals surface area contributed by atoms with E-state index < -0.39 is 0 Å². The number of methoxy groups -OCH3 is 1. The molecule has 5 rings (SSSR count). The van der Waals surface area contributed by atoms with Crippen molar-refractivity contribution in [2.75, 3.05) is 12.4 Å². The molecule has 3 aromatic heterocycles. The number of nitriles is 1. The number of aromatic nitrogens is 5. The summed E-state index contributed by atoms with van der Waals surface area (Å²) in [6.45, 7) is 2.00. The van der Waals surface area contributed by atoms with Gasteiger partial charge in [-0.1, -0.05) is 24.3 Å². The van der Waals surface area contributed by atoms with Crippen molar-refractivity contribution in [2.24, 2.45) is 0 Å². The number of rotatable bonds is 4. The molecule has 0 amide bonds. The number of ether oxygens (including phenoxy) is 1. The zero-order valence-corrected chi connectivity index (χ0v) is 16.9. The van der Waals surface area contributed by atoms with E-state index in [-0.39, 0.29) is 0 Å². The van der Waals surface area contributed by atoms with Crippen molar-refractivity contribution < 1.29 is 4.74 Å². The van der Waals surface area contributed by atoms with Crippen LogP contribution in [0.25, 0.3) is 27.8 Å². The highest BCUT2D eigenvalue weighted by Crippen LogP contribution is 2.29. The van der Waals surface area contributed by atoms with Crippen LogP contribution in [-0.4, -0.2) is 31.8 Å². The fourth-order valence-corrected chi connectivity index (χ4v) is 3.51. The molecule has 0 radical (unpaired) electrons. The van der Waals surface area contributed by atoms with E-state index >= 15 is 0 Å². The maximum absolute atomic E-state index is 9.62. The van der Waals surface area contributed by atoms with Crippen molar-refractivity contribution in [1.82, 2.24) is 24.7 Å². The topological polar surface area (TPSA) is 102 Å².